The molecule has 0 aromatic rings. The summed E-state index contributed by atoms with van der Waals surface area (Å²) in [7, 11) is 0. The van der Waals surface area contributed by atoms with Gasteiger partial charge >= 0.3 is 0 Å². The fourth-order valence-electron chi connectivity index (χ4n) is 3.34. The molecule has 0 amide bonds. The number of aliphatic hydroxyl groups is 1. The van der Waals surface area contributed by atoms with Crippen LogP contribution in [0.5, 0.6) is 0 Å². The van der Waals surface area contributed by atoms with E-state index in [1.165, 1.54) is 77.2 Å². The van der Waals surface area contributed by atoms with Crippen LogP contribution in [0.1, 0.15) is 90.4 Å². The minimum absolute atomic E-state index is 0.0606. The van der Waals surface area contributed by atoms with Crippen LogP contribution in [0.4, 0.5) is 0 Å². The van der Waals surface area contributed by atoms with E-state index in [2.05, 4.69) is 36.1 Å². The zero-order valence-corrected chi connectivity index (χ0v) is 16.1. The highest BCUT2D eigenvalue weighted by atomic mass is 16.3. The van der Waals surface area contributed by atoms with Crippen molar-refractivity contribution in [2.24, 2.45) is 0 Å². The van der Waals surface area contributed by atoms with E-state index in [1.54, 1.807) is 0 Å². The van der Waals surface area contributed by atoms with Crippen molar-refractivity contribution in [1.82, 2.24) is 4.90 Å². The third kappa shape index (κ3) is 12.8. The first-order valence-corrected chi connectivity index (χ1v) is 10.5. The highest BCUT2D eigenvalue weighted by Gasteiger charge is 2.18. The molecule has 2 nitrogen and oxygen atoms in total. The summed E-state index contributed by atoms with van der Waals surface area (Å²) in [5.74, 6) is 0. The predicted molar refractivity (Wildman–Crippen MR) is 106 cm³/mol. The van der Waals surface area contributed by atoms with Crippen LogP contribution in [0.2, 0.25) is 0 Å². The van der Waals surface area contributed by atoms with Gasteiger partial charge in [0.15, 0.2) is 0 Å². The van der Waals surface area contributed by atoms with Crippen LogP contribution in [-0.4, -0.2) is 35.7 Å². The van der Waals surface area contributed by atoms with Gasteiger partial charge in [0, 0.05) is 13.1 Å². The van der Waals surface area contributed by atoms with Crippen molar-refractivity contribution in [1.29, 1.82) is 0 Å². The van der Waals surface area contributed by atoms with Crippen molar-refractivity contribution in [2.45, 2.75) is 96.5 Å². The normalized spacial score (nSPS) is 19.2. The molecule has 0 radical (unpaired) electrons. The van der Waals surface area contributed by atoms with Gasteiger partial charge in [-0.25, -0.2) is 0 Å². The molecule has 1 rings (SSSR count). The predicted octanol–water partition coefficient (Wildman–Crippen LogP) is 5.87. The summed E-state index contributed by atoms with van der Waals surface area (Å²) < 4.78 is 0. The van der Waals surface area contributed by atoms with E-state index in [1.807, 2.05) is 0 Å². The van der Waals surface area contributed by atoms with Gasteiger partial charge in [-0.3, -0.25) is 0 Å². The second-order valence-electron chi connectivity index (χ2n) is 7.33. The summed E-state index contributed by atoms with van der Waals surface area (Å²) >= 11 is 0. The SMILES string of the molecule is CCCCCC=CCC=CCCCCCCCCN1CC[C@@H](O)C1. The van der Waals surface area contributed by atoms with Gasteiger partial charge in [-0.2, -0.15) is 0 Å². The second-order valence-corrected chi connectivity index (χ2v) is 7.33. The fraction of sp³-hybridized carbons (Fsp3) is 0.818. The molecule has 1 N–H and O–H groups in total. The molecule has 1 saturated heterocycles. The van der Waals surface area contributed by atoms with Gasteiger partial charge in [-0.15, -0.1) is 0 Å². The summed E-state index contributed by atoms with van der Waals surface area (Å²) in [6.45, 7) is 5.45. The topological polar surface area (TPSA) is 23.5 Å². The first kappa shape index (κ1) is 21.4. The Balaban J connectivity index is 1.76. The van der Waals surface area contributed by atoms with E-state index in [0.717, 1.165) is 25.9 Å². The third-order valence-electron chi connectivity index (χ3n) is 4.92. The Morgan fingerprint density at radius 1 is 0.833 bits per heavy atom. The Hall–Kier alpha value is -0.600. The molecule has 24 heavy (non-hydrogen) atoms. The molecule has 0 spiro atoms. The molecule has 1 atom stereocenters. The Labute approximate surface area is 151 Å². The lowest BCUT2D eigenvalue weighted by Crippen LogP contribution is -2.23. The maximum atomic E-state index is 9.48. The Morgan fingerprint density at radius 2 is 1.46 bits per heavy atom. The van der Waals surface area contributed by atoms with Crippen LogP contribution in [0.3, 0.4) is 0 Å². The van der Waals surface area contributed by atoms with Crippen molar-refractivity contribution in [3.8, 4) is 0 Å². The van der Waals surface area contributed by atoms with Gasteiger partial charge in [0.25, 0.3) is 0 Å². The number of rotatable bonds is 15. The molecule has 1 fully saturated rings. The molecule has 0 bridgehead atoms. The van der Waals surface area contributed by atoms with Crippen molar-refractivity contribution >= 4 is 0 Å². The molecule has 1 aliphatic rings. The molecule has 0 aliphatic carbocycles. The maximum absolute atomic E-state index is 9.48. The lowest BCUT2D eigenvalue weighted by molar-refractivity contribution is 0.175. The van der Waals surface area contributed by atoms with E-state index in [9.17, 15) is 5.11 Å². The van der Waals surface area contributed by atoms with E-state index in [4.69, 9.17) is 0 Å². The Morgan fingerprint density at radius 3 is 2.08 bits per heavy atom. The number of β-amino-alcohol motifs (C(OH)–C–C–N with tert-alkyl or cyclic N) is 1. The molecule has 140 valence electrons. The quantitative estimate of drug-likeness (QED) is 0.299. The van der Waals surface area contributed by atoms with Gasteiger partial charge in [0.2, 0.25) is 0 Å². The van der Waals surface area contributed by atoms with Crippen molar-refractivity contribution < 1.29 is 5.11 Å². The van der Waals surface area contributed by atoms with Gasteiger partial charge in [-0.1, -0.05) is 69.8 Å². The molecule has 0 unspecified atom stereocenters. The fourth-order valence-corrected chi connectivity index (χ4v) is 3.34. The molecule has 1 aliphatic heterocycles. The van der Waals surface area contributed by atoms with E-state index in [0.29, 0.717) is 0 Å². The summed E-state index contributed by atoms with van der Waals surface area (Å²) in [4.78, 5) is 2.41. The van der Waals surface area contributed by atoms with Crippen LogP contribution in [0.25, 0.3) is 0 Å². The lowest BCUT2D eigenvalue weighted by atomic mass is 10.1. The van der Waals surface area contributed by atoms with Gasteiger partial charge in [-0.05, 0) is 51.5 Å². The molecule has 1 heterocycles. The lowest BCUT2D eigenvalue weighted by Gasteiger charge is -2.14. The van der Waals surface area contributed by atoms with Crippen molar-refractivity contribution in [3.63, 3.8) is 0 Å². The summed E-state index contributed by atoms with van der Waals surface area (Å²) in [5, 5.41) is 9.48. The van der Waals surface area contributed by atoms with Crippen LogP contribution < -0.4 is 0 Å². The third-order valence-corrected chi connectivity index (χ3v) is 4.92. The Kier molecular flexibility index (Phi) is 14.2. The maximum Gasteiger partial charge on any atom is 0.0679 e. The zero-order valence-electron chi connectivity index (χ0n) is 16.1. The zero-order chi connectivity index (χ0) is 17.3. The molecule has 2 heteroatoms. The number of allylic oxidation sites excluding steroid dienone is 4. The summed E-state index contributed by atoms with van der Waals surface area (Å²) in [6.07, 6.45) is 26.0. The van der Waals surface area contributed by atoms with E-state index >= 15 is 0 Å². The number of likely N-dealkylation sites (tertiary alicyclic amines) is 1. The minimum Gasteiger partial charge on any atom is -0.392 e. The van der Waals surface area contributed by atoms with E-state index < -0.39 is 0 Å². The van der Waals surface area contributed by atoms with Crippen LogP contribution in [-0.2, 0) is 0 Å². The van der Waals surface area contributed by atoms with E-state index in [-0.39, 0.29) is 6.10 Å². The second kappa shape index (κ2) is 15.9. The molecule has 0 aromatic carbocycles. The van der Waals surface area contributed by atoms with Crippen molar-refractivity contribution in [2.75, 3.05) is 19.6 Å². The minimum atomic E-state index is -0.0606. The molecular formula is C22H41NO. The monoisotopic (exact) mass is 335 g/mol. The highest BCUT2D eigenvalue weighted by molar-refractivity contribution is 4.92. The van der Waals surface area contributed by atoms with Gasteiger partial charge in [0.05, 0.1) is 6.10 Å². The molecular weight excluding hydrogens is 294 g/mol. The average Bonchev–Trinajstić information content (AvgIpc) is 3.00. The standard InChI is InChI=1S/C22H41NO/c1-2-3-4-5-6-7-8-9-10-11-12-13-14-15-16-17-19-23-20-18-22(24)21-23/h6-7,9-10,22,24H,2-5,8,11-21H2,1H3/t22-/m1/s1. The first-order valence-electron chi connectivity index (χ1n) is 10.5. The van der Waals surface area contributed by atoms with Crippen LogP contribution >= 0.6 is 0 Å². The van der Waals surface area contributed by atoms with Gasteiger partial charge in [0.1, 0.15) is 0 Å². The Bertz CT molecular complexity index is 324. The summed E-state index contributed by atoms with van der Waals surface area (Å²) in [5.41, 5.74) is 0. The van der Waals surface area contributed by atoms with Crippen LogP contribution in [0, 0.1) is 0 Å². The van der Waals surface area contributed by atoms with Gasteiger partial charge < -0.3 is 10.0 Å². The number of hydrogen-bond acceptors (Lipinski definition) is 2. The smallest absolute Gasteiger partial charge is 0.0679 e. The summed E-state index contributed by atoms with van der Waals surface area (Å²) in [6, 6.07) is 0. The first-order chi connectivity index (χ1) is 11.8. The molecule has 0 aromatic heterocycles. The molecule has 0 saturated carbocycles. The number of unbranched alkanes of at least 4 members (excludes halogenated alkanes) is 9. The number of nitrogens with zero attached hydrogens (tertiary/aromatic N) is 1. The number of aliphatic hydroxyl groups excluding tert-OH is 1. The highest BCUT2D eigenvalue weighted by Crippen LogP contribution is 2.12. The average molecular weight is 336 g/mol. The van der Waals surface area contributed by atoms with Crippen molar-refractivity contribution in [3.05, 3.63) is 24.3 Å². The number of hydrogen-bond donors (Lipinski definition) is 1. The van der Waals surface area contributed by atoms with Crippen LogP contribution in [0.15, 0.2) is 24.3 Å². The largest absolute Gasteiger partial charge is 0.392 e.